The van der Waals surface area contributed by atoms with Gasteiger partial charge in [0.1, 0.15) is 12.2 Å². The average molecular weight is 509 g/mol. The summed E-state index contributed by atoms with van der Waals surface area (Å²) < 4.78 is 11.0. The quantitative estimate of drug-likeness (QED) is 0.367. The molecule has 0 aliphatic carbocycles. The molecule has 34 heavy (non-hydrogen) atoms. The van der Waals surface area contributed by atoms with Gasteiger partial charge >= 0.3 is 12.2 Å². The molecule has 2 rings (SSSR count). The molecule has 1 N–H and O–H groups in total. The van der Waals surface area contributed by atoms with Crippen LogP contribution in [0, 0.1) is 0 Å². The first-order chi connectivity index (χ1) is 16.1. The van der Waals surface area contributed by atoms with Gasteiger partial charge in [0.25, 0.3) is 0 Å². The molecule has 0 aromatic heterocycles. The lowest BCUT2D eigenvalue weighted by Gasteiger charge is -2.26. The number of nitrogens with one attached hydrogen (secondary N) is 1. The Labute approximate surface area is 212 Å². The highest BCUT2D eigenvalue weighted by Crippen LogP contribution is 2.17. The summed E-state index contributed by atoms with van der Waals surface area (Å²) in [4.78, 5) is 26.9. The van der Waals surface area contributed by atoms with E-state index in [-0.39, 0.29) is 12.6 Å². The van der Waals surface area contributed by atoms with Crippen molar-refractivity contribution in [3.63, 3.8) is 0 Å². The van der Waals surface area contributed by atoms with E-state index in [9.17, 15) is 9.59 Å². The van der Waals surface area contributed by atoms with Crippen LogP contribution >= 0.6 is 23.2 Å². The SMILES string of the molecule is CCCC[C@@H](COC(=O)N(Cc1ccc(Cl)cc1)Cc1ccc(Cl)cc1)NC(=O)OC(C)(C)C. The summed E-state index contributed by atoms with van der Waals surface area (Å²) in [7, 11) is 0. The van der Waals surface area contributed by atoms with Gasteiger partial charge in [-0.3, -0.25) is 4.90 Å². The second kappa shape index (κ2) is 13.4. The summed E-state index contributed by atoms with van der Waals surface area (Å²) in [5.74, 6) is 0. The summed E-state index contributed by atoms with van der Waals surface area (Å²) in [5.41, 5.74) is 1.23. The van der Waals surface area contributed by atoms with Gasteiger partial charge in [0.05, 0.1) is 6.04 Å². The lowest BCUT2D eigenvalue weighted by Crippen LogP contribution is -2.43. The number of nitrogens with zero attached hydrogens (tertiary/aromatic N) is 1. The van der Waals surface area contributed by atoms with Crippen LogP contribution in [0.25, 0.3) is 0 Å². The predicted molar refractivity (Wildman–Crippen MR) is 136 cm³/mol. The monoisotopic (exact) mass is 508 g/mol. The fraction of sp³-hybridized carbons (Fsp3) is 0.462. The minimum absolute atomic E-state index is 0.0514. The Bertz CT molecular complexity index is 864. The fourth-order valence-electron chi connectivity index (χ4n) is 3.19. The number of halogens is 2. The van der Waals surface area contributed by atoms with Crippen LogP contribution < -0.4 is 5.32 Å². The Morgan fingerprint density at radius 2 is 1.44 bits per heavy atom. The van der Waals surface area contributed by atoms with E-state index < -0.39 is 17.8 Å². The molecule has 0 radical (unpaired) electrons. The minimum atomic E-state index is -0.607. The highest BCUT2D eigenvalue weighted by atomic mass is 35.5. The topological polar surface area (TPSA) is 67.9 Å². The van der Waals surface area contributed by atoms with E-state index in [1.807, 2.05) is 24.3 Å². The van der Waals surface area contributed by atoms with Gasteiger partial charge in [-0.15, -0.1) is 0 Å². The van der Waals surface area contributed by atoms with Gasteiger partial charge in [0.2, 0.25) is 0 Å². The first kappa shape index (κ1) is 27.8. The smallest absolute Gasteiger partial charge is 0.410 e. The molecule has 6 nitrogen and oxygen atoms in total. The van der Waals surface area contributed by atoms with Crippen LogP contribution in [0.2, 0.25) is 10.0 Å². The van der Waals surface area contributed by atoms with Gasteiger partial charge in [0.15, 0.2) is 0 Å². The van der Waals surface area contributed by atoms with Crippen LogP contribution in [0.4, 0.5) is 9.59 Å². The van der Waals surface area contributed by atoms with Gasteiger partial charge in [0, 0.05) is 23.1 Å². The van der Waals surface area contributed by atoms with Crippen molar-refractivity contribution in [3.8, 4) is 0 Å². The van der Waals surface area contributed by atoms with Crippen molar-refractivity contribution in [1.82, 2.24) is 10.2 Å². The number of hydrogen-bond donors (Lipinski definition) is 1. The van der Waals surface area contributed by atoms with E-state index in [0.29, 0.717) is 29.6 Å². The van der Waals surface area contributed by atoms with E-state index in [4.69, 9.17) is 32.7 Å². The number of carbonyl (C=O) groups is 2. The molecule has 0 aliphatic heterocycles. The van der Waals surface area contributed by atoms with Gasteiger partial charge in [-0.2, -0.15) is 0 Å². The van der Waals surface area contributed by atoms with Gasteiger partial charge in [-0.25, -0.2) is 9.59 Å². The number of rotatable bonds is 10. The summed E-state index contributed by atoms with van der Waals surface area (Å²) in [6.45, 7) is 8.22. The average Bonchev–Trinajstić information content (AvgIpc) is 2.76. The third-order valence-electron chi connectivity index (χ3n) is 4.87. The highest BCUT2D eigenvalue weighted by Gasteiger charge is 2.22. The van der Waals surface area contributed by atoms with Crippen molar-refractivity contribution in [2.24, 2.45) is 0 Å². The molecule has 2 amide bonds. The number of ether oxygens (including phenoxy) is 2. The maximum atomic E-state index is 13.1. The maximum Gasteiger partial charge on any atom is 0.410 e. The molecule has 0 saturated carbocycles. The van der Waals surface area contributed by atoms with Crippen LogP contribution in [0.1, 0.15) is 58.1 Å². The molecule has 8 heteroatoms. The maximum absolute atomic E-state index is 13.1. The van der Waals surface area contributed by atoms with Crippen LogP contribution in [0.3, 0.4) is 0 Å². The van der Waals surface area contributed by atoms with Crippen molar-refractivity contribution in [2.75, 3.05) is 6.61 Å². The normalized spacial score (nSPS) is 12.1. The molecule has 0 heterocycles. The summed E-state index contributed by atoms with van der Waals surface area (Å²) in [6.07, 6.45) is 1.52. The molecule has 2 aromatic carbocycles. The van der Waals surface area contributed by atoms with E-state index in [2.05, 4.69) is 12.2 Å². The molecule has 0 unspecified atom stereocenters. The Hall–Kier alpha value is -2.44. The number of carbonyl (C=O) groups excluding carboxylic acids is 2. The molecule has 0 bridgehead atoms. The Kier molecular flexibility index (Phi) is 11.0. The minimum Gasteiger partial charge on any atom is -0.447 e. The largest absolute Gasteiger partial charge is 0.447 e. The lowest BCUT2D eigenvalue weighted by molar-refractivity contribution is 0.0442. The molecule has 0 aliphatic rings. The molecular formula is C26H34Cl2N2O4. The second-order valence-electron chi connectivity index (χ2n) is 9.17. The Morgan fingerprint density at radius 3 is 1.88 bits per heavy atom. The summed E-state index contributed by atoms with van der Waals surface area (Å²) in [6, 6.07) is 14.3. The first-order valence-corrected chi connectivity index (χ1v) is 12.2. The van der Waals surface area contributed by atoms with E-state index in [1.54, 1.807) is 49.9 Å². The van der Waals surface area contributed by atoms with Crippen molar-refractivity contribution < 1.29 is 19.1 Å². The number of alkyl carbamates (subject to hydrolysis) is 1. The van der Waals surface area contributed by atoms with E-state index in [0.717, 1.165) is 24.0 Å². The van der Waals surface area contributed by atoms with E-state index >= 15 is 0 Å². The molecular weight excluding hydrogens is 475 g/mol. The highest BCUT2D eigenvalue weighted by molar-refractivity contribution is 6.30. The lowest BCUT2D eigenvalue weighted by atomic mass is 10.1. The summed E-state index contributed by atoms with van der Waals surface area (Å²) >= 11 is 12.0. The Balaban J connectivity index is 2.08. The number of benzene rings is 2. The second-order valence-corrected chi connectivity index (χ2v) is 10.0. The van der Waals surface area contributed by atoms with Crippen molar-refractivity contribution >= 4 is 35.4 Å². The van der Waals surface area contributed by atoms with Crippen molar-refractivity contribution in [3.05, 3.63) is 69.7 Å². The number of hydrogen-bond acceptors (Lipinski definition) is 4. The molecule has 186 valence electrons. The molecule has 0 fully saturated rings. The fourth-order valence-corrected chi connectivity index (χ4v) is 3.44. The zero-order valence-electron chi connectivity index (χ0n) is 20.3. The van der Waals surface area contributed by atoms with Crippen molar-refractivity contribution in [2.45, 2.75) is 71.7 Å². The van der Waals surface area contributed by atoms with Gasteiger partial charge in [-0.05, 0) is 62.6 Å². The Morgan fingerprint density at radius 1 is 0.941 bits per heavy atom. The van der Waals surface area contributed by atoms with Crippen molar-refractivity contribution in [1.29, 1.82) is 0 Å². The third-order valence-corrected chi connectivity index (χ3v) is 5.37. The van der Waals surface area contributed by atoms with Crippen LogP contribution in [0.15, 0.2) is 48.5 Å². The molecule has 1 atom stereocenters. The standard InChI is InChI=1S/C26H34Cl2N2O4/c1-5-6-7-23(29-24(31)34-26(2,3)4)18-33-25(32)30(16-19-8-12-21(27)13-9-19)17-20-10-14-22(28)15-11-20/h8-15,23H,5-7,16-18H2,1-4H3,(H,29,31)/t23-/m0/s1. The van der Waals surface area contributed by atoms with E-state index in [1.165, 1.54) is 0 Å². The summed E-state index contributed by atoms with van der Waals surface area (Å²) in [5, 5.41) is 4.08. The molecule has 0 saturated heterocycles. The van der Waals surface area contributed by atoms with Crippen LogP contribution in [-0.4, -0.2) is 35.3 Å². The van der Waals surface area contributed by atoms with Gasteiger partial charge < -0.3 is 14.8 Å². The predicted octanol–water partition coefficient (Wildman–Crippen LogP) is 7.22. The first-order valence-electron chi connectivity index (χ1n) is 11.5. The zero-order valence-corrected chi connectivity index (χ0v) is 21.8. The van der Waals surface area contributed by atoms with Crippen LogP contribution in [-0.2, 0) is 22.6 Å². The zero-order chi connectivity index (χ0) is 25.1. The molecule has 2 aromatic rings. The number of amides is 2. The van der Waals surface area contributed by atoms with Crippen LogP contribution in [0.5, 0.6) is 0 Å². The molecule has 0 spiro atoms. The van der Waals surface area contributed by atoms with Gasteiger partial charge in [-0.1, -0.05) is 67.2 Å². The number of unbranched alkanes of at least 4 members (excludes halogenated alkanes) is 1. The third kappa shape index (κ3) is 10.7.